The van der Waals surface area contributed by atoms with Crippen LogP contribution in [-0.4, -0.2) is 13.1 Å². The summed E-state index contributed by atoms with van der Waals surface area (Å²) in [5.41, 5.74) is 0.743. The van der Waals surface area contributed by atoms with E-state index in [4.69, 9.17) is 16.3 Å². The minimum absolute atomic E-state index is 0.211. The first kappa shape index (κ1) is 14.3. The van der Waals surface area contributed by atoms with Gasteiger partial charge in [-0.1, -0.05) is 41.9 Å². The van der Waals surface area contributed by atoms with E-state index in [1.165, 1.54) is 13.2 Å². The summed E-state index contributed by atoms with van der Waals surface area (Å²) in [6.45, 7) is 0. The molecule has 0 aliphatic carbocycles. The summed E-state index contributed by atoms with van der Waals surface area (Å²) in [5.74, 6) is -0.991. The SMILES string of the molecule is COC(=O)C(Nc1ccccc1F)c1ccccc1Cl. The zero-order valence-electron chi connectivity index (χ0n) is 10.8. The predicted octanol–water partition coefficient (Wildman–Crippen LogP) is 3.81. The average molecular weight is 294 g/mol. The standard InChI is InChI=1S/C15H13ClFNO2/c1-20-15(19)14(10-6-2-3-7-11(10)16)18-13-9-5-4-8-12(13)17/h2-9,14,18H,1H3. The highest BCUT2D eigenvalue weighted by Gasteiger charge is 2.24. The molecule has 0 aromatic heterocycles. The number of para-hydroxylation sites is 1. The second-order valence-electron chi connectivity index (χ2n) is 4.10. The molecule has 0 radical (unpaired) electrons. The maximum atomic E-state index is 13.7. The molecule has 0 aliphatic heterocycles. The van der Waals surface area contributed by atoms with Crippen LogP contribution in [0.3, 0.4) is 0 Å². The number of hydrogen-bond donors (Lipinski definition) is 1. The fraction of sp³-hybridized carbons (Fsp3) is 0.133. The molecule has 0 bridgehead atoms. The van der Waals surface area contributed by atoms with E-state index in [-0.39, 0.29) is 5.69 Å². The van der Waals surface area contributed by atoms with Crippen LogP contribution >= 0.6 is 11.6 Å². The zero-order valence-corrected chi connectivity index (χ0v) is 11.5. The zero-order chi connectivity index (χ0) is 14.5. The third-order valence-corrected chi connectivity index (χ3v) is 3.17. The fourth-order valence-electron chi connectivity index (χ4n) is 1.82. The first-order valence-corrected chi connectivity index (χ1v) is 6.34. The van der Waals surface area contributed by atoms with Crippen LogP contribution in [0.5, 0.6) is 0 Å². The number of halogens is 2. The Balaban J connectivity index is 2.37. The summed E-state index contributed by atoms with van der Waals surface area (Å²) in [5, 5.41) is 3.23. The number of hydrogen-bond acceptors (Lipinski definition) is 3. The Labute approximate surface area is 121 Å². The van der Waals surface area contributed by atoms with Crippen LogP contribution in [0.15, 0.2) is 48.5 Å². The fourth-order valence-corrected chi connectivity index (χ4v) is 2.07. The van der Waals surface area contributed by atoms with Crippen molar-refractivity contribution in [1.29, 1.82) is 0 Å². The molecule has 3 nitrogen and oxygen atoms in total. The molecule has 0 spiro atoms. The number of methoxy groups -OCH3 is 1. The van der Waals surface area contributed by atoms with Crippen molar-refractivity contribution in [2.75, 3.05) is 12.4 Å². The maximum absolute atomic E-state index is 13.7. The molecular weight excluding hydrogens is 281 g/mol. The largest absolute Gasteiger partial charge is 0.467 e. The number of ether oxygens (including phenoxy) is 1. The van der Waals surface area contributed by atoms with Gasteiger partial charge in [0.2, 0.25) is 0 Å². The normalized spacial score (nSPS) is 11.8. The summed E-state index contributed by atoms with van der Waals surface area (Å²) in [7, 11) is 1.27. The first-order chi connectivity index (χ1) is 9.63. The smallest absolute Gasteiger partial charge is 0.333 e. The lowest BCUT2D eigenvalue weighted by Crippen LogP contribution is -2.23. The van der Waals surface area contributed by atoms with Gasteiger partial charge in [0.05, 0.1) is 12.8 Å². The molecule has 2 aromatic rings. The van der Waals surface area contributed by atoms with E-state index in [1.54, 1.807) is 42.5 Å². The lowest BCUT2D eigenvalue weighted by Gasteiger charge is -2.19. The second-order valence-corrected chi connectivity index (χ2v) is 4.51. The van der Waals surface area contributed by atoms with Crippen molar-refractivity contribution < 1.29 is 13.9 Å². The van der Waals surface area contributed by atoms with Crippen molar-refractivity contribution in [3.63, 3.8) is 0 Å². The molecule has 0 saturated heterocycles. The monoisotopic (exact) mass is 293 g/mol. The van der Waals surface area contributed by atoms with Crippen LogP contribution in [0.4, 0.5) is 10.1 Å². The van der Waals surface area contributed by atoms with Gasteiger partial charge in [0.25, 0.3) is 0 Å². The van der Waals surface area contributed by atoms with E-state index in [0.717, 1.165) is 0 Å². The third kappa shape index (κ3) is 3.08. The topological polar surface area (TPSA) is 38.3 Å². The van der Waals surface area contributed by atoms with Crippen molar-refractivity contribution in [1.82, 2.24) is 0 Å². The van der Waals surface area contributed by atoms with Crippen LogP contribution in [-0.2, 0) is 9.53 Å². The van der Waals surface area contributed by atoms with Crippen LogP contribution in [0.2, 0.25) is 5.02 Å². The molecule has 1 N–H and O–H groups in total. The van der Waals surface area contributed by atoms with Gasteiger partial charge in [0.1, 0.15) is 5.82 Å². The number of carbonyl (C=O) groups excluding carboxylic acids is 1. The first-order valence-electron chi connectivity index (χ1n) is 5.97. The minimum atomic E-state index is -0.870. The van der Waals surface area contributed by atoms with Crippen molar-refractivity contribution in [2.45, 2.75) is 6.04 Å². The average Bonchev–Trinajstić information content (AvgIpc) is 2.47. The van der Waals surface area contributed by atoms with Crippen molar-refractivity contribution in [3.05, 3.63) is 64.9 Å². The number of nitrogens with one attached hydrogen (secondary N) is 1. The van der Waals surface area contributed by atoms with Gasteiger partial charge in [-0.15, -0.1) is 0 Å². The van der Waals surface area contributed by atoms with Gasteiger partial charge in [-0.3, -0.25) is 0 Å². The molecule has 2 rings (SSSR count). The van der Waals surface area contributed by atoms with Crippen LogP contribution in [0.25, 0.3) is 0 Å². The van der Waals surface area contributed by atoms with Gasteiger partial charge in [0, 0.05) is 10.6 Å². The molecule has 0 aliphatic rings. The van der Waals surface area contributed by atoms with Gasteiger partial charge in [-0.05, 0) is 18.2 Å². The molecule has 5 heteroatoms. The minimum Gasteiger partial charge on any atom is -0.467 e. The molecule has 0 saturated carbocycles. The highest BCUT2D eigenvalue weighted by atomic mass is 35.5. The van der Waals surface area contributed by atoms with E-state index >= 15 is 0 Å². The number of rotatable bonds is 4. The van der Waals surface area contributed by atoms with Crippen molar-refractivity contribution in [3.8, 4) is 0 Å². The summed E-state index contributed by atoms with van der Waals surface area (Å²) < 4.78 is 18.4. The van der Waals surface area contributed by atoms with E-state index in [2.05, 4.69) is 5.32 Å². The van der Waals surface area contributed by atoms with E-state index < -0.39 is 17.8 Å². The molecular formula is C15H13ClFNO2. The summed E-state index contributed by atoms with van der Waals surface area (Å²) in [6.07, 6.45) is 0. The molecule has 0 amide bonds. The number of carbonyl (C=O) groups is 1. The predicted molar refractivity (Wildman–Crippen MR) is 76.2 cm³/mol. The Bertz CT molecular complexity index is 618. The highest BCUT2D eigenvalue weighted by molar-refractivity contribution is 6.31. The highest BCUT2D eigenvalue weighted by Crippen LogP contribution is 2.28. The van der Waals surface area contributed by atoms with Gasteiger partial charge < -0.3 is 10.1 Å². The summed E-state index contributed by atoms with van der Waals surface area (Å²) >= 11 is 6.08. The van der Waals surface area contributed by atoms with Crippen LogP contribution in [0, 0.1) is 5.82 Å². The molecule has 1 atom stereocenters. The second kappa shape index (κ2) is 6.39. The third-order valence-electron chi connectivity index (χ3n) is 2.83. The van der Waals surface area contributed by atoms with Crippen molar-refractivity contribution in [2.24, 2.45) is 0 Å². The van der Waals surface area contributed by atoms with Gasteiger partial charge in [-0.25, -0.2) is 9.18 Å². The van der Waals surface area contributed by atoms with E-state index in [1.807, 2.05) is 0 Å². The molecule has 0 fully saturated rings. The summed E-state index contributed by atoms with van der Waals surface area (Å²) in [6, 6.07) is 12.1. The van der Waals surface area contributed by atoms with E-state index in [9.17, 15) is 9.18 Å². The molecule has 20 heavy (non-hydrogen) atoms. The lowest BCUT2D eigenvalue weighted by molar-refractivity contribution is -0.141. The Morgan fingerprint density at radius 3 is 2.50 bits per heavy atom. The van der Waals surface area contributed by atoms with Crippen molar-refractivity contribution >= 4 is 23.3 Å². The van der Waals surface area contributed by atoms with E-state index in [0.29, 0.717) is 10.6 Å². The quantitative estimate of drug-likeness (QED) is 0.871. The molecule has 104 valence electrons. The Kier molecular flexibility index (Phi) is 4.58. The van der Waals surface area contributed by atoms with Crippen LogP contribution < -0.4 is 5.32 Å². The molecule has 2 aromatic carbocycles. The lowest BCUT2D eigenvalue weighted by atomic mass is 10.1. The van der Waals surface area contributed by atoms with Gasteiger partial charge >= 0.3 is 5.97 Å². The Morgan fingerprint density at radius 2 is 1.85 bits per heavy atom. The molecule has 0 heterocycles. The Morgan fingerprint density at radius 1 is 1.20 bits per heavy atom. The van der Waals surface area contributed by atoms with Crippen LogP contribution in [0.1, 0.15) is 11.6 Å². The Hall–Kier alpha value is -2.07. The number of benzene rings is 2. The van der Waals surface area contributed by atoms with Gasteiger partial charge in [0.15, 0.2) is 6.04 Å². The summed E-state index contributed by atoms with van der Waals surface area (Å²) in [4.78, 5) is 11.9. The number of anilines is 1. The maximum Gasteiger partial charge on any atom is 0.333 e. The molecule has 1 unspecified atom stereocenters. The number of esters is 1. The van der Waals surface area contributed by atoms with Gasteiger partial charge in [-0.2, -0.15) is 0 Å².